The minimum absolute atomic E-state index is 0.147. The third kappa shape index (κ3) is 4.16. The van der Waals surface area contributed by atoms with Crippen molar-refractivity contribution in [3.05, 3.63) is 77.8 Å². The summed E-state index contributed by atoms with van der Waals surface area (Å²) in [4.78, 5) is 27.8. The zero-order chi connectivity index (χ0) is 24.6. The van der Waals surface area contributed by atoms with E-state index in [0.29, 0.717) is 16.9 Å². The van der Waals surface area contributed by atoms with E-state index in [1.807, 2.05) is 0 Å². The Morgan fingerprint density at radius 2 is 1.79 bits per heavy atom. The standard InChI is InChI=1S/C25H22F2N2O5/c1-25(2,3)22(31)19-20(16-6-4-5-7-18(16)34-24(26)27)29(23(32)21(19)30)15-10-8-14(9-11-15)17-12-13-33-28-17/h4-13,20,24,30H,1-3H3. The number of rotatable bonds is 6. The van der Waals surface area contributed by atoms with E-state index in [4.69, 9.17) is 4.52 Å². The first-order chi connectivity index (χ1) is 16.1. The zero-order valence-corrected chi connectivity index (χ0v) is 18.7. The number of aromatic nitrogens is 1. The van der Waals surface area contributed by atoms with Crippen molar-refractivity contribution in [2.75, 3.05) is 4.90 Å². The topological polar surface area (TPSA) is 92.9 Å². The molecule has 3 aromatic rings. The Kier molecular flexibility index (Phi) is 5.95. The average Bonchev–Trinajstić information content (AvgIpc) is 3.40. The Labute approximate surface area is 194 Å². The number of hydrogen-bond acceptors (Lipinski definition) is 6. The van der Waals surface area contributed by atoms with Gasteiger partial charge in [0.05, 0.1) is 11.6 Å². The number of nitrogens with zero attached hydrogens (tertiary/aromatic N) is 2. The maximum absolute atomic E-state index is 13.3. The van der Waals surface area contributed by atoms with Crippen LogP contribution in [0.25, 0.3) is 11.3 Å². The number of ketones is 1. The van der Waals surface area contributed by atoms with E-state index in [2.05, 4.69) is 9.89 Å². The first-order valence-electron chi connectivity index (χ1n) is 10.5. The summed E-state index contributed by atoms with van der Waals surface area (Å²) in [6.45, 7) is 1.82. The second kappa shape index (κ2) is 8.74. The minimum Gasteiger partial charge on any atom is -0.503 e. The molecule has 0 saturated heterocycles. The van der Waals surface area contributed by atoms with E-state index in [1.165, 1.54) is 29.4 Å². The van der Waals surface area contributed by atoms with Crippen LogP contribution in [0.2, 0.25) is 0 Å². The molecule has 4 rings (SSSR count). The van der Waals surface area contributed by atoms with Gasteiger partial charge in [0, 0.05) is 28.3 Å². The van der Waals surface area contributed by atoms with Gasteiger partial charge in [-0.3, -0.25) is 14.5 Å². The second-order valence-electron chi connectivity index (χ2n) is 8.77. The van der Waals surface area contributed by atoms with Crippen LogP contribution in [0.1, 0.15) is 32.4 Å². The lowest BCUT2D eigenvalue weighted by Crippen LogP contribution is -2.33. The molecule has 2 aromatic carbocycles. The van der Waals surface area contributed by atoms with Crippen molar-refractivity contribution in [2.45, 2.75) is 33.4 Å². The van der Waals surface area contributed by atoms with Gasteiger partial charge in [-0.2, -0.15) is 8.78 Å². The van der Waals surface area contributed by atoms with E-state index >= 15 is 0 Å². The SMILES string of the molecule is CC(C)(C)C(=O)C1=C(O)C(=O)N(c2ccc(-c3ccon3)cc2)C1c1ccccc1OC(F)F. The van der Waals surface area contributed by atoms with Crippen LogP contribution < -0.4 is 9.64 Å². The predicted molar refractivity (Wildman–Crippen MR) is 119 cm³/mol. The largest absolute Gasteiger partial charge is 0.503 e. The molecule has 7 nitrogen and oxygen atoms in total. The lowest BCUT2D eigenvalue weighted by molar-refractivity contribution is -0.123. The lowest BCUT2D eigenvalue weighted by atomic mass is 9.82. The van der Waals surface area contributed by atoms with Crippen LogP contribution in [0.4, 0.5) is 14.5 Å². The van der Waals surface area contributed by atoms with Gasteiger partial charge in [0.1, 0.15) is 17.7 Å². The molecule has 9 heteroatoms. The summed E-state index contributed by atoms with van der Waals surface area (Å²) in [7, 11) is 0. The van der Waals surface area contributed by atoms with Crippen molar-refractivity contribution in [2.24, 2.45) is 5.41 Å². The molecule has 0 fully saturated rings. The quantitative estimate of drug-likeness (QED) is 0.517. The van der Waals surface area contributed by atoms with Gasteiger partial charge in [-0.1, -0.05) is 56.3 Å². The molecule has 1 amide bonds. The fraction of sp³-hybridized carbons (Fsp3) is 0.240. The summed E-state index contributed by atoms with van der Waals surface area (Å²) >= 11 is 0. The lowest BCUT2D eigenvalue weighted by Gasteiger charge is -2.30. The highest BCUT2D eigenvalue weighted by molar-refractivity contribution is 6.17. The highest BCUT2D eigenvalue weighted by Gasteiger charge is 2.47. The number of carbonyl (C=O) groups is 2. The molecular weight excluding hydrogens is 446 g/mol. The van der Waals surface area contributed by atoms with Gasteiger partial charge < -0.3 is 14.4 Å². The molecular formula is C25H22F2N2O5. The number of alkyl halides is 2. The molecule has 1 aliphatic rings. The summed E-state index contributed by atoms with van der Waals surface area (Å²) in [5, 5.41) is 14.7. The van der Waals surface area contributed by atoms with Crippen molar-refractivity contribution in [3.63, 3.8) is 0 Å². The number of para-hydroxylation sites is 1. The Hall–Kier alpha value is -4.01. The summed E-state index contributed by atoms with van der Waals surface area (Å²) in [6.07, 6.45) is 1.43. The summed E-state index contributed by atoms with van der Waals surface area (Å²) < 4.78 is 35.8. The van der Waals surface area contributed by atoms with Crippen LogP contribution in [0, 0.1) is 5.41 Å². The van der Waals surface area contributed by atoms with Crippen molar-refractivity contribution in [1.82, 2.24) is 5.16 Å². The zero-order valence-electron chi connectivity index (χ0n) is 18.7. The number of aliphatic hydroxyl groups excluding tert-OH is 1. The van der Waals surface area contributed by atoms with Crippen molar-refractivity contribution >= 4 is 17.4 Å². The van der Waals surface area contributed by atoms with Gasteiger partial charge in [0.25, 0.3) is 5.91 Å². The minimum atomic E-state index is -3.12. The van der Waals surface area contributed by atoms with E-state index in [0.717, 1.165) is 0 Å². The average molecular weight is 468 g/mol. The van der Waals surface area contributed by atoms with Crippen LogP contribution in [-0.2, 0) is 9.59 Å². The molecule has 0 radical (unpaired) electrons. The van der Waals surface area contributed by atoms with Gasteiger partial charge in [-0.25, -0.2) is 0 Å². The molecule has 2 heterocycles. The summed E-state index contributed by atoms with van der Waals surface area (Å²) in [5.41, 5.74) is 0.656. The number of Topliss-reactive ketones (excluding diaryl/α,β-unsaturated/α-hetero) is 1. The van der Waals surface area contributed by atoms with Gasteiger partial charge in [0.2, 0.25) is 0 Å². The molecule has 1 unspecified atom stereocenters. The van der Waals surface area contributed by atoms with E-state index in [9.17, 15) is 23.5 Å². The first kappa shape index (κ1) is 23.2. The Bertz CT molecular complexity index is 1250. The fourth-order valence-corrected chi connectivity index (χ4v) is 3.87. The third-order valence-electron chi connectivity index (χ3n) is 5.44. The molecule has 0 spiro atoms. The molecule has 1 aromatic heterocycles. The number of anilines is 1. The number of hydrogen-bond donors (Lipinski definition) is 1. The smallest absolute Gasteiger partial charge is 0.387 e. The molecule has 0 aliphatic carbocycles. The van der Waals surface area contributed by atoms with Crippen LogP contribution in [0.3, 0.4) is 0 Å². The molecule has 1 aliphatic heterocycles. The predicted octanol–water partition coefficient (Wildman–Crippen LogP) is 5.46. The van der Waals surface area contributed by atoms with Crippen molar-refractivity contribution in [1.29, 1.82) is 0 Å². The van der Waals surface area contributed by atoms with Crippen LogP contribution in [0.5, 0.6) is 5.75 Å². The highest BCUT2D eigenvalue weighted by Crippen LogP contribution is 2.46. The van der Waals surface area contributed by atoms with Gasteiger partial charge >= 0.3 is 6.61 Å². The number of aliphatic hydroxyl groups is 1. The molecule has 1 atom stereocenters. The monoisotopic (exact) mass is 468 g/mol. The molecule has 0 saturated carbocycles. The van der Waals surface area contributed by atoms with E-state index in [-0.39, 0.29) is 16.9 Å². The van der Waals surface area contributed by atoms with E-state index < -0.39 is 35.5 Å². The Balaban J connectivity index is 1.86. The Morgan fingerprint density at radius 3 is 2.38 bits per heavy atom. The molecule has 0 bridgehead atoms. The number of ether oxygens (including phenoxy) is 1. The van der Waals surface area contributed by atoms with E-state index in [1.54, 1.807) is 57.2 Å². The number of amides is 1. The van der Waals surface area contributed by atoms with Crippen LogP contribution in [-0.4, -0.2) is 28.6 Å². The van der Waals surface area contributed by atoms with Crippen molar-refractivity contribution < 1.29 is 32.7 Å². The van der Waals surface area contributed by atoms with Gasteiger partial charge in [-0.05, 0) is 18.2 Å². The summed E-state index contributed by atoms with van der Waals surface area (Å²) in [6, 6.07) is 13.0. The molecule has 34 heavy (non-hydrogen) atoms. The fourth-order valence-electron chi connectivity index (χ4n) is 3.87. The van der Waals surface area contributed by atoms with Crippen molar-refractivity contribution in [3.8, 4) is 17.0 Å². The van der Waals surface area contributed by atoms with Gasteiger partial charge in [-0.15, -0.1) is 0 Å². The second-order valence-corrected chi connectivity index (χ2v) is 8.77. The van der Waals surface area contributed by atoms with Crippen LogP contribution >= 0.6 is 0 Å². The van der Waals surface area contributed by atoms with Crippen LogP contribution in [0.15, 0.2) is 76.7 Å². The number of benzene rings is 2. The number of halogens is 2. The number of carbonyl (C=O) groups excluding carboxylic acids is 2. The maximum atomic E-state index is 13.3. The van der Waals surface area contributed by atoms with Gasteiger partial charge in [0.15, 0.2) is 11.5 Å². The normalized spacial score (nSPS) is 16.5. The maximum Gasteiger partial charge on any atom is 0.387 e. The highest BCUT2D eigenvalue weighted by atomic mass is 19.3. The summed E-state index contributed by atoms with van der Waals surface area (Å²) in [5.74, 6) is -2.23. The first-order valence-corrected chi connectivity index (χ1v) is 10.5. The molecule has 176 valence electrons. The third-order valence-corrected chi connectivity index (χ3v) is 5.44. The molecule has 1 N–H and O–H groups in total. The Morgan fingerprint density at radius 1 is 1.12 bits per heavy atom.